The molecule has 7 heteroatoms. The minimum atomic E-state index is -1.12. The summed E-state index contributed by atoms with van der Waals surface area (Å²) in [5.41, 5.74) is 7.44. The number of amides is 1. The lowest BCUT2D eigenvalue weighted by atomic mass is 10.1. The average molecular weight is 441 g/mol. The van der Waals surface area contributed by atoms with E-state index in [9.17, 15) is 14.7 Å². The van der Waals surface area contributed by atoms with Crippen LogP contribution in [0.5, 0.6) is 5.88 Å². The van der Waals surface area contributed by atoms with Crippen molar-refractivity contribution in [2.75, 3.05) is 0 Å². The minimum Gasteiger partial charge on any atom is -0.494 e. The predicted octanol–water partition coefficient (Wildman–Crippen LogP) is 4.81. The maximum atomic E-state index is 12.5. The molecule has 0 aliphatic rings. The van der Waals surface area contributed by atoms with E-state index in [0.29, 0.717) is 11.3 Å². The van der Waals surface area contributed by atoms with E-state index in [0.717, 1.165) is 27.7 Å². The van der Waals surface area contributed by atoms with Crippen LogP contribution in [0.1, 0.15) is 44.3 Å². The number of hydrogen-bond donors (Lipinski definition) is 3. The van der Waals surface area contributed by atoms with Gasteiger partial charge in [0, 0.05) is 16.6 Å². The maximum Gasteiger partial charge on any atom is 0.335 e. The fraction of sp³-hybridized carbons (Fsp3) is 0.115. The number of carbonyl (C=O) groups excluding carboxylic acids is 1. The molecule has 0 spiro atoms. The number of nitrogens with one attached hydrogen (secondary N) is 1. The van der Waals surface area contributed by atoms with E-state index in [1.807, 2.05) is 56.3 Å². The fourth-order valence-electron chi connectivity index (χ4n) is 3.76. The van der Waals surface area contributed by atoms with Crippen LogP contribution in [0, 0.1) is 13.8 Å². The van der Waals surface area contributed by atoms with Crippen LogP contribution in [0.15, 0.2) is 71.8 Å². The molecule has 0 fully saturated rings. The average Bonchev–Trinajstić information content (AvgIpc) is 3.11. The zero-order valence-electron chi connectivity index (χ0n) is 18.5. The van der Waals surface area contributed by atoms with Crippen LogP contribution in [0.25, 0.3) is 16.6 Å². The summed E-state index contributed by atoms with van der Waals surface area (Å²) in [5.74, 6) is -1.65. The van der Waals surface area contributed by atoms with Gasteiger partial charge in [0.15, 0.2) is 0 Å². The number of aryl methyl sites for hydroxylation is 2. The number of hydrazone groups is 1. The molecule has 1 aromatic heterocycles. The highest BCUT2D eigenvalue weighted by atomic mass is 16.4. The zero-order chi connectivity index (χ0) is 23.7. The number of aromatic carboxylic acids is 1. The quantitative estimate of drug-likeness (QED) is 0.305. The van der Waals surface area contributed by atoms with Crippen molar-refractivity contribution >= 4 is 28.5 Å². The van der Waals surface area contributed by atoms with Crippen LogP contribution < -0.4 is 5.43 Å². The summed E-state index contributed by atoms with van der Waals surface area (Å²) in [6, 6.07) is 19.2. The van der Waals surface area contributed by atoms with Crippen LogP contribution in [0.3, 0.4) is 0 Å². The molecule has 3 aromatic carbocycles. The van der Waals surface area contributed by atoms with E-state index in [4.69, 9.17) is 5.11 Å². The van der Waals surface area contributed by atoms with Crippen molar-refractivity contribution < 1.29 is 19.8 Å². The molecule has 0 aliphatic carbocycles. The molecule has 0 atom stereocenters. The number of aromatic nitrogens is 1. The van der Waals surface area contributed by atoms with Gasteiger partial charge in [0.05, 0.1) is 22.4 Å². The molecule has 0 saturated heterocycles. The number of aromatic hydroxyl groups is 1. The molecule has 0 aliphatic heterocycles. The van der Waals surface area contributed by atoms with Crippen molar-refractivity contribution in [2.45, 2.75) is 20.8 Å². The molecule has 3 N–H and O–H groups in total. The second-order valence-corrected chi connectivity index (χ2v) is 7.84. The van der Waals surface area contributed by atoms with Gasteiger partial charge in [-0.15, -0.1) is 0 Å². The molecule has 0 unspecified atom stereocenters. The summed E-state index contributed by atoms with van der Waals surface area (Å²) < 4.78 is 1.76. The van der Waals surface area contributed by atoms with Crippen LogP contribution in [-0.4, -0.2) is 32.4 Å². The lowest BCUT2D eigenvalue weighted by Gasteiger charge is -2.10. The molecule has 7 nitrogen and oxygen atoms in total. The molecule has 0 radical (unpaired) electrons. The number of carboxylic acids is 1. The van der Waals surface area contributed by atoms with Crippen LogP contribution >= 0.6 is 0 Å². The van der Waals surface area contributed by atoms with Crippen molar-refractivity contribution in [3.05, 3.63) is 94.5 Å². The van der Waals surface area contributed by atoms with Gasteiger partial charge in [0.25, 0.3) is 5.91 Å². The molecule has 33 heavy (non-hydrogen) atoms. The van der Waals surface area contributed by atoms with Crippen molar-refractivity contribution in [3.63, 3.8) is 0 Å². The van der Waals surface area contributed by atoms with Crippen molar-refractivity contribution in [1.29, 1.82) is 0 Å². The Bertz CT molecular complexity index is 1430. The Morgan fingerprint density at radius 2 is 1.64 bits per heavy atom. The first kappa shape index (κ1) is 21.8. The summed E-state index contributed by atoms with van der Waals surface area (Å²) in [6.45, 7) is 5.74. The smallest absolute Gasteiger partial charge is 0.335 e. The van der Waals surface area contributed by atoms with Gasteiger partial charge < -0.3 is 10.2 Å². The van der Waals surface area contributed by atoms with E-state index in [-0.39, 0.29) is 17.0 Å². The number of para-hydroxylation sites is 1. The monoisotopic (exact) mass is 441 g/mol. The van der Waals surface area contributed by atoms with E-state index >= 15 is 0 Å². The van der Waals surface area contributed by atoms with E-state index in [2.05, 4.69) is 10.5 Å². The number of benzene rings is 3. The number of hydrogen-bond acceptors (Lipinski definition) is 4. The van der Waals surface area contributed by atoms with Gasteiger partial charge in [-0.1, -0.05) is 30.3 Å². The summed E-state index contributed by atoms with van der Waals surface area (Å²) in [4.78, 5) is 23.7. The molecule has 1 heterocycles. The molecule has 166 valence electrons. The Labute approximate surface area is 190 Å². The third kappa shape index (κ3) is 4.08. The Morgan fingerprint density at radius 3 is 2.36 bits per heavy atom. The Morgan fingerprint density at radius 1 is 0.909 bits per heavy atom. The molecule has 4 rings (SSSR count). The van der Waals surface area contributed by atoms with E-state index in [1.165, 1.54) is 24.3 Å². The lowest BCUT2D eigenvalue weighted by Crippen LogP contribution is -2.19. The highest BCUT2D eigenvalue weighted by molar-refractivity contribution is 6.13. The zero-order valence-corrected chi connectivity index (χ0v) is 18.5. The second-order valence-electron chi connectivity index (χ2n) is 7.84. The number of fused-ring (bicyclic) bond motifs is 1. The van der Waals surface area contributed by atoms with Crippen molar-refractivity contribution in [3.8, 4) is 11.6 Å². The van der Waals surface area contributed by atoms with Crippen LogP contribution in [0.4, 0.5) is 0 Å². The van der Waals surface area contributed by atoms with Gasteiger partial charge >= 0.3 is 5.97 Å². The number of carboxylic acid groups (broad SMARTS) is 1. The maximum absolute atomic E-state index is 12.5. The van der Waals surface area contributed by atoms with Crippen molar-refractivity contribution in [1.82, 2.24) is 9.99 Å². The molecule has 4 aromatic rings. The summed E-state index contributed by atoms with van der Waals surface area (Å²) in [5, 5.41) is 25.3. The lowest BCUT2D eigenvalue weighted by molar-refractivity contribution is 0.0697. The molecule has 0 saturated carbocycles. The van der Waals surface area contributed by atoms with Gasteiger partial charge in [-0.3, -0.25) is 9.36 Å². The molecular formula is C26H23N3O4. The van der Waals surface area contributed by atoms with Gasteiger partial charge in [0.1, 0.15) is 0 Å². The molecular weight excluding hydrogens is 418 g/mol. The minimum absolute atomic E-state index is 0.0115. The molecule has 1 amide bonds. The highest BCUT2D eigenvalue weighted by Gasteiger charge is 2.20. The first-order valence-electron chi connectivity index (χ1n) is 10.4. The van der Waals surface area contributed by atoms with Gasteiger partial charge in [0.2, 0.25) is 5.88 Å². The fourth-order valence-corrected chi connectivity index (χ4v) is 3.76. The Balaban J connectivity index is 1.74. The third-order valence-electron chi connectivity index (χ3n) is 5.66. The van der Waals surface area contributed by atoms with Crippen molar-refractivity contribution in [2.24, 2.45) is 5.10 Å². The summed E-state index contributed by atoms with van der Waals surface area (Å²) in [6.07, 6.45) is 0. The van der Waals surface area contributed by atoms with Crippen LogP contribution in [-0.2, 0) is 0 Å². The van der Waals surface area contributed by atoms with Gasteiger partial charge in [-0.25, -0.2) is 10.2 Å². The first-order valence-corrected chi connectivity index (χ1v) is 10.4. The number of nitrogens with zero attached hydrogens (tertiary/aromatic N) is 2. The number of rotatable bonds is 5. The van der Waals surface area contributed by atoms with E-state index < -0.39 is 11.9 Å². The third-order valence-corrected chi connectivity index (χ3v) is 5.66. The van der Waals surface area contributed by atoms with Gasteiger partial charge in [-0.2, -0.15) is 5.10 Å². The Kier molecular flexibility index (Phi) is 5.70. The summed E-state index contributed by atoms with van der Waals surface area (Å²) in [7, 11) is 0. The first-order chi connectivity index (χ1) is 15.8. The normalized spacial score (nSPS) is 11.5. The largest absolute Gasteiger partial charge is 0.494 e. The standard InChI is InChI=1S/C26H23N3O4/c1-15-11-12-20(13-16(15)2)29-22-10-5-4-9-21(22)23(25(29)31)17(3)27-28-24(30)18-7-6-8-19(14-18)26(32)33/h4-14,31H,1-3H3,(H,28,30)(H,32,33). The van der Waals surface area contributed by atoms with E-state index in [1.54, 1.807) is 11.5 Å². The highest BCUT2D eigenvalue weighted by Crippen LogP contribution is 2.35. The molecule has 0 bridgehead atoms. The van der Waals surface area contributed by atoms with Crippen LogP contribution in [0.2, 0.25) is 0 Å². The Hall–Kier alpha value is -4.39. The SMILES string of the molecule is CC(=NNC(=O)c1cccc(C(=O)O)c1)c1c(O)n(-c2ccc(C)c(C)c2)c2ccccc12. The van der Waals surface area contributed by atoms with Gasteiger partial charge in [-0.05, 0) is 68.3 Å². The summed E-state index contributed by atoms with van der Waals surface area (Å²) >= 11 is 0. The topological polar surface area (TPSA) is 104 Å². The number of carbonyl (C=O) groups is 2. The second kappa shape index (κ2) is 8.63. The predicted molar refractivity (Wildman–Crippen MR) is 127 cm³/mol.